The van der Waals surface area contributed by atoms with Crippen LogP contribution in [0.25, 0.3) is 5.82 Å². The molecular formula is C9H11N3. The molecule has 1 aromatic heterocycles. The molecule has 0 bridgehead atoms. The highest BCUT2D eigenvalue weighted by Crippen LogP contribution is 2.01. The number of allylic oxidation sites excluding steroid dienone is 1. The first kappa shape index (κ1) is 8.46. The number of aliphatic imine (C=N–C) groups is 1. The Morgan fingerprint density at radius 3 is 2.83 bits per heavy atom. The SMILES string of the molecule is C=C(C)/C=N\C(=C)n1ccnc1. The summed E-state index contributed by atoms with van der Waals surface area (Å²) in [5, 5.41) is 0. The van der Waals surface area contributed by atoms with Gasteiger partial charge in [0.25, 0.3) is 0 Å². The number of aromatic nitrogens is 2. The maximum atomic E-state index is 4.07. The summed E-state index contributed by atoms with van der Waals surface area (Å²) in [6.45, 7) is 9.33. The molecule has 0 aliphatic rings. The molecule has 0 saturated carbocycles. The number of rotatable bonds is 3. The minimum atomic E-state index is 0.635. The first-order valence-electron chi connectivity index (χ1n) is 3.57. The molecule has 0 fully saturated rings. The van der Waals surface area contributed by atoms with Gasteiger partial charge in [-0.05, 0) is 12.5 Å². The van der Waals surface area contributed by atoms with E-state index in [2.05, 4.69) is 23.1 Å². The molecule has 0 N–H and O–H groups in total. The predicted molar refractivity (Wildman–Crippen MR) is 50.9 cm³/mol. The molecule has 0 unspecified atom stereocenters. The van der Waals surface area contributed by atoms with Crippen molar-refractivity contribution in [2.45, 2.75) is 6.92 Å². The first-order chi connectivity index (χ1) is 5.70. The fourth-order valence-corrected chi connectivity index (χ4v) is 0.663. The molecule has 62 valence electrons. The summed E-state index contributed by atoms with van der Waals surface area (Å²) in [5.41, 5.74) is 0.899. The third-order valence-corrected chi connectivity index (χ3v) is 1.24. The van der Waals surface area contributed by atoms with Crippen molar-refractivity contribution >= 4 is 12.0 Å². The predicted octanol–water partition coefficient (Wildman–Crippen LogP) is 1.96. The standard InChI is InChI=1S/C9H11N3/c1-8(2)6-11-9(3)12-5-4-10-7-12/h4-7H,1,3H2,2H3/b11-6-. The molecule has 3 heteroatoms. The third-order valence-electron chi connectivity index (χ3n) is 1.24. The monoisotopic (exact) mass is 161 g/mol. The molecule has 0 aromatic carbocycles. The molecule has 0 amide bonds. The molecular weight excluding hydrogens is 150 g/mol. The third kappa shape index (κ3) is 2.20. The van der Waals surface area contributed by atoms with Gasteiger partial charge < -0.3 is 0 Å². The fraction of sp³-hybridized carbons (Fsp3) is 0.111. The topological polar surface area (TPSA) is 30.2 Å². The van der Waals surface area contributed by atoms with Crippen molar-refractivity contribution in [2.75, 3.05) is 0 Å². The van der Waals surface area contributed by atoms with Gasteiger partial charge in [-0.25, -0.2) is 9.98 Å². The van der Waals surface area contributed by atoms with Gasteiger partial charge in [0.2, 0.25) is 0 Å². The second kappa shape index (κ2) is 3.67. The van der Waals surface area contributed by atoms with Gasteiger partial charge in [0, 0.05) is 18.6 Å². The number of imidazole rings is 1. The molecule has 1 rings (SSSR count). The second-order valence-corrected chi connectivity index (χ2v) is 2.49. The van der Waals surface area contributed by atoms with Crippen molar-refractivity contribution in [3.8, 4) is 0 Å². The molecule has 3 nitrogen and oxygen atoms in total. The van der Waals surface area contributed by atoms with Crippen molar-refractivity contribution in [3.05, 3.63) is 37.5 Å². The Labute approximate surface area is 71.8 Å². The molecule has 0 radical (unpaired) electrons. The smallest absolute Gasteiger partial charge is 0.130 e. The fourth-order valence-electron chi connectivity index (χ4n) is 0.663. The highest BCUT2D eigenvalue weighted by atomic mass is 15.1. The minimum absolute atomic E-state index is 0.635. The van der Waals surface area contributed by atoms with Crippen molar-refractivity contribution in [3.63, 3.8) is 0 Å². The Hall–Kier alpha value is -1.64. The van der Waals surface area contributed by atoms with Gasteiger partial charge in [-0.15, -0.1) is 0 Å². The Bertz CT molecular complexity index is 307. The van der Waals surface area contributed by atoms with Gasteiger partial charge in [-0.3, -0.25) is 4.57 Å². The van der Waals surface area contributed by atoms with E-state index in [4.69, 9.17) is 0 Å². The van der Waals surface area contributed by atoms with Crippen LogP contribution in [-0.2, 0) is 0 Å². The van der Waals surface area contributed by atoms with Crippen LogP contribution in [0.2, 0.25) is 0 Å². The van der Waals surface area contributed by atoms with Gasteiger partial charge in [0.15, 0.2) is 0 Å². The quantitative estimate of drug-likeness (QED) is 0.623. The lowest BCUT2D eigenvalue weighted by Gasteiger charge is -1.97. The summed E-state index contributed by atoms with van der Waals surface area (Å²) >= 11 is 0. The van der Waals surface area contributed by atoms with E-state index in [1.807, 2.05) is 6.92 Å². The zero-order chi connectivity index (χ0) is 8.97. The van der Waals surface area contributed by atoms with E-state index in [0.29, 0.717) is 5.82 Å². The van der Waals surface area contributed by atoms with Crippen molar-refractivity contribution in [2.24, 2.45) is 4.99 Å². The Kier molecular flexibility index (Phi) is 2.58. The molecule has 0 saturated heterocycles. The first-order valence-corrected chi connectivity index (χ1v) is 3.57. The number of hydrogen-bond donors (Lipinski definition) is 0. The summed E-state index contributed by atoms with van der Waals surface area (Å²) in [7, 11) is 0. The van der Waals surface area contributed by atoms with E-state index >= 15 is 0 Å². The van der Waals surface area contributed by atoms with Gasteiger partial charge in [0.1, 0.15) is 12.1 Å². The van der Waals surface area contributed by atoms with Crippen molar-refractivity contribution in [1.29, 1.82) is 0 Å². The number of hydrogen-bond acceptors (Lipinski definition) is 2. The largest absolute Gasteiger partial charge is 0.291 e. The Morgan fingerprint density at radius 1 is 1.58 bits per heavy atom. The van der Waals surface area contributed by atoms with Gasteiger partial charge in [-0.1, -0.05) is 13.2 Å². The van der Waals surface area contributed by atoms with Crippen LogP contribution in [-0.4, -0.2) is 15.8 Å². The van der Waals surface area contributed by atoms with Crippen LogP contribution in [0.3, 0.4) is 0 Å². The van der Waals surface area contributed by atoms with E-state index in [1.165, 1.54) is 0 Å². The second-order valence-electron chi connectivity index (χ2n) is 2.49. The van der Waals surface area contributed by atoms with E-state index < -0.39 is 0 Å². The maximum Gasteiger partial charge on any atom is 0.130 e. The Balaban J connectivity index is 2.68. The minimum Gasteiger partial charge on any atom is -0.291 e. The highest BCUT2D eigenvalue weighted by Gasteiger charge is 1.90. The van der Waals surface area contributed by atoms with Gasteiger partial charge >= 0.3 is 0 Å². The van der Waals surface area contributed by atoms with Crippen LogP contribution in [0.5, 0.6) is 0 Å². The molecule has 12 heavy (non-hydrogen) atoms. The molecule has 0 aliphatic heterocycles. The van der Waals surface area contributed by atoms with Crippen LogP contribution >= 0.6 is 0 Å². The lowest BCUT2D eigenvalue weighted by molar-refractivity contribution is 1.07. The van der Waals surface area contributed by atoms with Crippen LogP contribution in [0.1, 0.15) is 6.92 Å². The van der Waals surface area contributed by atoms with Crippen LogP contribution in [0.4, 0.5) is 0 Å². The molecule has 0 atom stereocenters. The Morgan fingerprint density at radius 2 is 2.33 bits per heavy atom. The average Bonchev–Trinajstić information content (AvgIpc) is 2.51. The molecule has 1 heterocycles. The highest BCUT2D eigenvalue weighted by molar-refractivity contribution is 5.80. The van der Waals surface area contributed by atoms with Crippen LogP contribution in [0, 0.1) is 0 Å². The van der Waals surface area contributed by atoms with E-state index in [9.17, 15) is 0 Å². The molecule has 0 aliphatic carbocycles. The average molecular weight is 161 g/mol. The van der Waals surface area contributed by atoms with Gasteiger partial charge in [0.05, 0.1) is 0 Å². The van der Waals surface area contributed by atoms with Gasteiger partial charge in [-0.2, -0.15) is 0 Å². The molecule has 0 spiro atoms. The van der Waals surface area contributed by atoms with Crippen LogP contribution < -0.4 is 0 Å². The summed E-state index contributed by atoms with van der Waals surface area (Å²) in [6.07, 6.45) is 6.79. The van der Waals surface area contributed by atoms with Crippen LogP contribution in [0.15, 0.2) is 42.4 Å². The zero-order valence-electron chi connectivity index (χ0n) is 7.07. The van der Waals surface area contributed by atoms with Crippen molar-refractivity contribution < 1.29 is 0 Å². The maximum absolute atomic E-state index is 4.07. The van der Waals surface area contributed by atoms with E-state index in [-0.39, 0.29) is 0 Å². The molecule has 1 aromatic rings. The van der Waals surface area contributed by atoms with E-state index in [1.54, 1.807) is 29.5 Å². The lowest BCUT2D eigenvalue weighted by atomic mass is 10.4. The lowest BCUT2D eigenvalue weighted by Crippen LogP contribution is -1.89. The number of nitrogens with zero attached hydrogens (tertiary/aromatic N) is 3. The summed E-state index contributed by atoms with van der Waals surface area (Å²) in [6, 6.07) is 0. The summed E-state index contributed by atoms with van der Waals surface area (Å²) in [5.74, 6) is 0.635. The van der Waals surface area contributed by atoms with Crippen molar-refractivity contribution in [1.82, 2.24) is 9.55 Å². The summed E-state index contributed by atoms with van der Waals surface area (Å²) in [4.78, 5) is 7.95. The zero-order valence-corrected chi connectivity index (χ0v) is 7.07. The van der Waals surface area contributed by atoms with E-state index in [0.717, 1.165) is 5.57 Å². The normalized spacial score (nSPS) is 10.4. The summed E-state index contributed by atoms with van der Waals surface area (Å²) < 4.78 is 1.74.